The van der Waals surface area contributed by atoms with Gasteiger partial charge in [0.25, 0.3) is 0 Å². The molecule has 0 spiro atoms. The third-order valence-corrected chi connectivity index (χ3v) is 1.90. The molecule has 88 valence electrons. The first-order valence-electron chi connectivity index (χ1n) is 5.18. The van der Waals surface area contributed by atoms with Crippen molar-refractivity contribution in [3.8, 4) is 6.07 Å². The Labute approximate surface area is 94.4 Å². The largest absolute Gasteiger partial charge is 0.394 e. The molecule has 1 aromatic rings. The molecule has 0 bridgehead atoms. The molecule has 6 heteroatoms. The molecular formula is C10H16N4O2. The lowest BCUT2D eigenvalue weighted by atomic mass is 10.4. The number of ether oxygens (including phenoxy) is 1. The molecule has 0 saturated heterocycles. The summed E-state index contributed by atoms with van der Waals surface area (Å²) in [7, 11) is 0. The summed E-state index contributed by atoms with van der Waals surface area (Å²) in [4.78, 5) is 0. The van der Waals surface area contributed by atoms with Gasteiger partial charge in [0.1, 0.15) is 0 Å². The first-order chi connectivity index (χ1) is 7.86. The van der Waals surface area contributed by atoms with Crippen molar-refractivity contribution in [3.05, 3.63) is 12.4 Å². The average molecular weight is 224 g/mol. The van der Waals surface area contributed by atoms with Crippen molar-refractivity contribution in [1.82, 2.24) is 9.78 Å². The third kappa shape index (κ3) is 4.77. The summed E-state index contributed by atoms with van der Waals surface area (Å²) in [5.41, 5.74) is 0.900. The average Bonchev–Trinajstić information content (AvgIpc) is 2.73. The monoisotopic (exact) mass is 224 g/mol. The van der Waals surface area contributed by atoms with Crippen LogP contribution in [-0.4, -0.2) is 41.3 Å². The van der Waals surface area contributed by atoms with Crippen LogP contribution in [0.15, 0.2) is 12.4 Å². The van der Waals surface area contributed by atoms with Crippen molar-refractivity contribution < 1.29 is 9.84 Å². The Bertz CT molecular complexity index is 332. The van der Waals surface area contributed by atoms with Crippen LogP contribution in [0.4, 0.5) is 5.69 Å². The van der Waals surface area contributed by atoms with E-state index in [4.69, 9.17) is 15.1 Å². The second-order valence-electron chi connectivity index (χ2n) is 3.16. The number of rotatable bonds is 8. The highest BCUT2D eigenvalue weighted by Crippen LogP contribution is 2.04. The Kier molecular flexibility index (Phi) is 5.99. The van der Waals surface area contributed by atoms with E-state index >= 15 is 0 Å². The van der Waals surface area contributed by atoms with Crippen LogP contribution < -0.4 is 5.32 Å². The molecule has 16 heavy (non-hydrogen) atoms. The maximum Gasteiger partial charge on any atom is 0.0726 e. The fraction of sp³-hybridized carbons (Fsp3) is 0.600. The Hall–Kier alpha value is -1.58. The van der Waals surface area contributed by atoms with Gasteiger partial charge in [-0.1, -0.05) is 0 Å². The maximum atomic E-state index is 8.50. The molecule has 0 unspecified atom stereocenters. The van der Waals surface area contributed by atoms with Gasteiger partial charge < -0.3 is 15.2 Å². The minimum absolute atomic E-state index is 0.0417. The quantitative estimate of drug-likeness (QED) is 0.617. The molecule has 0 aliphatic heterocycles. The number of aromatic nitrogens is 2. The number of nitriles is 1. The summed E-state index contributed by atoms with van der Waals surface area (Å²) in [6.45, 7) is 2.21. The Balaban J connectivity index is 2.20. The van der Waals surface area contributed by atoms with E-state index in [0.717, 1.165) is 5.69 Å². The van der Waals surface area contributed by atoms with Gasteiger partial charge in [0, 0.05) is 12.7 Å². The molecule has 0 atom stereocenters. The van der Waals surface area contributed by atoms with Crippen molar-refractivity contribution in [1.29, 1.82) is 5.26 Å². The van der Waals surface area contributed by atoms with Gasteiger partial charge in [-0.3, -0.25) is 4.68 Å². The van der Waals surface area contributed by atoms with E-state index in [-0.39, 0.29) is 6.61 Å². The van der Waals surface area contributed by atoms with Crippen LogP contribution in [0.25, 0.3) is 0 Å². The van der Waals surface area contributed by atoms with E-state index in [1.807, 2.05) is 6.20 Å². The molecule has 0 saturated carbocycles. The second-order valence-corrected chi connectivity index (χ2v) is 3.16. The van der Waals surface area contributed by atoms with E-state index in [2.05, 4.69) is 16.5 Å². The molecule has 6 nitrogen and oxygen atoms in total. The van der Waals surface area contributed by atoms with Crippen LogP contribution in [0.5, 0.6) is 0 Å². The highest BCUT2D eigenvalue weighted by molar-refractivity contribution is 5.37. The minimum Gasteiger partial charge on any atom is -0.394 e. The Morgan fingerprint density at radius 3 is 3.19 bits per heavy atom. The zero-order valence-corrected chi connectivity index (χ0v) is 9.09. The molecular weight excluding hydrogens is 208 g/mol. The Morgan fingerprint density at radius 1 is 1.56 bits per heavy atom. The van der Waals surface area contributed by atoms with E-state index in [0.29, 0.717) is 32.7 Å². The number of aliphatic hydroxyl groups excluding tert-OH is 1. The number of nitrogens with zero attached hydrogens (tertiary/aromatic N) is 3. The molecule has 0 amide bonds. The fourth-order valence-corrected chi connectivity index (χ4v) is 1.16. The predicted octanol–water partition coefficient (Wildman–Crippen LogP) is 0.218. The molecule has 1 rings (SSSR count). The number of hydrogen-bond acceptors (Lipinski definition) is 5. The number of hydrogen-bond donors (Lipinski definition) is 2. The fourth-order valence-electron chi connectivity index (χ4n) is 1.16. The molecule has 2 N–H and O–H groups in total. The van der Waals surface area contributed by atoms with Crippen molar-refractivity contribution in [2.24, 2.45) is 0 Å². The number of anilines is 1. The molecule has 1 aromatic heterocycles. The van der Waals surface area contributed by atoms with E-state index < -0.39 is 0 Å². The zero-order valence-electron chi connectivity index (χ0n) is 9.09. The van der Waals surface area contributed by atoms with Gasteiger partial charge in [0.2, 0.25) is 0 Å². The maximum absolute atomic E-state index is 8.50. The summed E-state index contributed by atoms with van der Waals surface area (Å²) in [6, 6.07) is 2.06. The van der Waals surface area contributed by atoms with Gasteiger partial charge in [0.15, 0.2) is 0 Å². The van der Waals surface area contributed by atoms with Gasteiger partial charge in [-0.15, -0.1) is 0 Å². The smallest absolute Gasteiger partial charge is 0.0726 e. The topological polar surface area (TPSA) is 83.1 Å². The molecule has 0 aliphatic rings. The molecule has 0 radical (unpaired) electrons. The second kappa shape index (κ2) is 7.68. The van der Waals surface area contributed by atoms with Crippen molar-refractivity contribution in [3.63, 3.8) is 0 Å². The lowest BCUT2D eigenvalue weighted by molar-refractivity contribution is 0.0854. The Morgan fingerprint density at radius 2 is 2.44 bits per heavy atom. The summed E-state index contributed by atoms with van der Waals surface area (Å²) < 4.78 is 6.88. The highest BCUT2D eigenvalue weighted by atomic mass is 16.5. The molecule has 1 heterocycles. The third-order valence-electron chi connectivity index (χ3n) is 1.90. The van der Waals surface area contributed by atoms with Gasteiger partial charge in [-0.25, -0.2) is 0 Å². The highest BCUT2D eigenvalue weighted by Gasteiger charge is 1.97. The van der Waals surface area contributed by atoms with Crippen molar-refractivity contribution >= 4 is 5.69 Å². The predicted molar refractivity (Wildman–Crippen MR) is 58.9 cm³/mol. The normalized spacial score (nSPS) is 10.0. The van der Waals surface area contributed by atoms with Crippen LogP contribution in [0.1, 0.15) is 6.42 Å². The minimum atomic E-state index is 0.0417. The van der Waals surface area contributed by atoms with Crippen LogP contribution in [-0.2, 0) is 11.3 Å². The first-order valence-corrected chi connectivity index (χ1v) is 5.18. The zero-order chi connectivity index (χ0) is 11.6. The van der Waals surface area contributed by atoms with Gasteiger partial charge in [-0.05, 0) is 0 Å². The van der Waals surface area contributed by atoms with Gasteiger partial charge in [-0.2, -0.15) is 10.4 Å². The number of nitrogens with one attached hydrogen (secondary N) is 1. The van der Waals surface area contributed by atoms with Crippen LogP contribution in [0, 0.1) is 11.3 Å². The van der Waals surface area contributed by atoms with Crippen molar-refractivity contribution in [2.45, 2.75) is 13.0 Å². The van der Waals surface area contributed by atoms with Crippen LogP contribution in [0.3, 0.4) is 0 Å². The SMILES string of the molecule is N#CCCNc1cnn(CCOCCO)c1. The lowest BCUT2D eigenvalue weighted by Gasteiger charge is -2.02. The lowest BCUT2D eigenvalue weighted by Crippen LogP contribution is -2.08. The summed E-state index contributed by atoms with van der Waals surface area (Å²) in [5.74, 6) is 0. The molecule has 0 fully saturated rings. The van der Waals surface area contributed by atoms with Crippen LogP contribution in [0.2, 0.25) is 0 Å². The van der Waals surface area contributed by atoms with Gasteiger partial charge in [0.05, 0.1) is 50.7 Å². The van der Waals surface area contributed by atoms with Crippen LogP contribution >= 0.6 is 0 Å². The molecule has 0 aliphatic carbocycles. The van der Waals surface area contributed by atoms with Gasteiger partial charge >= 0.3 is 0 Å². The molecule has 0 aromatic carbocycles. The van der Waals surface area contributed by atoms with E-state index in [1.54, 1.807) is 10.9 Å². The standard InChI is InChI=1S/C10H16N4O2/c11-2-1-3-12-10-8-13-14(9-10)4-6-16-7-5-15/h8-9,12,15H,1,3-7H2. The summed E-state index contributed by atoms with van der Waals surface area (Å²) in [6.07, 6.45) is 4.05. The van der Waals surface area contributed by atoms with Crippen molar-refractivity contribution in [2.75, 3.05) is 31.7 Å². The summed E-state index contributed by atoms with van der Waals surface area (Å²) >= 11 is 0. The van der Waals surface area contributed by atoms with E-state index in [9.17, 15) is 0 Å². The number of aliphatic hydroxyl groups is 1. The first kappa shape index (κ1) is 12.5. The summed E-state index contributed by atoms with van der Waals surface area (Å²) in [5, 5.41) is 24.1. The van der Waals surface area contributed by atoms with E-state index in [1.165, 1.54) is 0 Å².